The van der Waals surface area contributed by atoms with Crippen molar-refractivity contribution < 1.29 is 9.85 Å². The zero-order valence-electron chi connectivity index (χ0n) is 27.7. The van der Waals surface area contributed by atoms with Gasteiger partial charge in [-0.25, -0.2) is 0 Å². The lowest BCUT2D eigenvalue weighted by molar-refractivity contribution is -0.387. The zero-order valence-corrected chi connectivity index (χ0v) is 27.7. The fourth-order valence-corrected chi connectivity index (χ4v) is 8.25. The summed E-state index contributed by atoms with van der Waals surface area (Å²) in [5.41, 5.74) is -3.11. The molecule has 1 saturated heterocycles. The van der Waals surface area contributed by atoms with E-state index in [0.29, 0.717) is 0 Å². The third kappa shape index (κ3) is 4.58. The lowest BCUT2D eigenvalue weighted by atomic mass is 9.63. The fraction of sp³-hybridized carbons (Fsp3) is 0.0952. The molecule has 1 fully saturated rings. The maximum Gasteiger partial charge on any atom is 0.277 e. The van der Waals surface area contributed by atoms with Gasteiger partial charge in [0.15, 0.2) is 5.66 Å². The smallest absolute Gasteiger partial charge is 0.275 e. The van der Waals surface area contributed by atoms with Crippen molar-refractivity contribution in [2.24, 2.45) is 9.98 Å². The normalized spacial score (nSPS) is 17.5. The van der Waals surface area contributed by atoms with Gasteiger partial charge in [0.25, 0.3) is 11.4 Å². The average molecular weight is 685 g/mol. The topological polar surface area (TPSA) is 135 Å². The van der Waals surface area contributed by atoms with Crippen molar-refractivity contribution in [3.8, 4) is 0 Å². The summed E-state index contributed by atoms with van der Waals surface area (Å²) in [6, 6.07) is 52.3. The predicted octanol–water partition coefficient (Wildman–Crippen LogP) is 7.74. The van der Waals surface area contributed by atoms with Crippen molar-refractivity contribution in [2.45, 2.75) is 22.4 Å². The molecular weight excluding hydrogens is 652 g/mol. The number of nitro groups is 2. The summed E-state index contributed by atoms with van der Waals surface area (Å²) < 4.78 is 0. The molecule has 2 aliphatic rings. The van der Waals surface area contributed by atoms with E-state index in [-0.39, 0.29) is 22.5 Å². The first-order valence-corrected chi connectivity index (χ1v) is 16.8. The highest BCUT2D eigenvalue weighted by atomic mass is 16.6. The van der Waals surface area contributed by atoms with Crippen molar-refractivity contribution >= 4 is 23.8 Å². The molecule has 2 aliphatic heterocycles. The molecule has 6 aromatic rings. The van der Waals surface area contributed by atoms with E-state index in [1.807, 2.05) is 121 Å². The van der Waals surface area contributed by atoms with Crippen LogP contribution in [0.2, 0.25) is 0 Å². The first kappa shape index (κ1) is 32.6. The highest BCUT2D eigenvalue weighted by Gasteiger charge is 2.74. The standard InChI is InChI=1S/C42H32N6O4/c49-47(50)37-27-15-13-25-35(37)41(43-29-30-44-41)42(36-26-14-16-28-38(36)48(51)52)45-39(31-17-5-1-6-18-31,32-19-7-2-8-20-32)40(46-42,33-21-9-3-10-22-33)34-23-11-4-12-24-34/h1-30,45-46H. The van der Waals surface area contributed by atoms with Crippen LogP contribution in [0.1, 0.15) is 33.4 Å². The average Bonchev–Trinajstić information content (AvgIpc) is 3.84. The second-order valence-corrected chi connectivity index (χ2v) is 12.7. The molecule has 52 heavy (non-hydrogen) atoms. The number of nitrogens with one attached hydrogen (secondary N) is 2. The summed E-state index contributed by atoms with van der Waals surface area (Å²) in [7, 11) is 0. The lowest BCUT2D eigenvalue weighted by Gasteiger charge is -2.47. The van der Waals surface area contributed by atoms with Gasteiger partial charge in [-0.3, -0.25) is 40.8 Å². The quantitative estimate of drug-likeness (QED) is 0.118. The summed E-state index contributed by atoms with van der Waals surface area (Å²) >= 11 is 0. The summed E-state index contributed by atoms with van der Waals surface area (Å²) in [5, 5.41) is 34.0. The molecule has 10 heteroatoms. The molecule has 8 rings (SSSR count). The van der Waals surface area contributed by atoms with Crippen LogP contribution < -0.4 is 10.6 Å². The van der Waals surface area contributed by atoms with E-state index in [0.717, 1.165) is 22.3 Å². The molecule has 6 aromatic carbocycles. The minimum Gasteiger partial charge on any atom is -0.275 e. The summed E-state index contributed by atoms with van der Waals surface area (Å²) in [6.45, 7) is 0. The number of benzene rings is 6. The predicted molar refractivity (Wildman–Crippen MR) is 200 cm³/mol. The van der Waals surface area contributed by atoms with Gasteiger partial charge in [0.2, 0.25) is 5.66 Å². The summed E-state index contributed by atoms with van der Waals surface area (Å²) in [5.74, 6) is 0. The SMILES string of the molecule is O=[N+]([O-])c1ccccc1C1(C2(c3ccccc3[N+](=O)[O-])NC(c3ccccc3)(c3ccccc3)C(c3ccccc3)(c3ccccc3)N2)N=CC=N1. The molecule has 254 valence electrons. The molecule has 0 saturated carbocycles. The largest absolute Gasteiger partial charge is 0.277 e. The van der Waals surface area contributed by atoms with Crippen LogP contribution in [0.4, 0.5) is 11.4 Å². The first-order chi connectivity index (χ1) is 25.4. The molecular formula is C42H32N6O4. The van der Waals surface area contributed by atoms with Crippen LogP contribution in [-0.4, -0.2) is 22.3 Å². The molecule has 0 bridgehead atoms. The van der Waals surface area contributed by atoms with E-state index >= 15 is 0 Å². The van der Waals surface area contributed by atoms with Gasteiger partial charge in [-0.15, -0.1) is 0 Å². The van der Waals surface area contributed by atoms with Crippen LogP contribution in [0.15, 0.2) is 180 Å². The number of hydrogen-bond acceptors (Lipinski definition) is 8. The Morgan fingerprint density at radius 1 is 0.423 bits per heavy atom. The Bertz CT molecular complexity index is 2150. The second-order valence-electron chi connectivity index (χ2n) is 12.7. The highest BCUT2D eigenvalue weighted by Crippen LogP contribution is 2.62. The Morgan fingerprint density at radius 2 is 0.731 bits per heavy atom. The van der Waals surface area contributed by atoms with Gasteiger partial charge >= 0.3 is 0 Å². The Balaban J connectivity index is 1.64. The van der Waals surface area contributed by atoms with Crippen molar-refractivity contribution in [3.63, 3.8) is 0 Å². The molecule has 0 amide bonds. The number of hydrogen-bond donors (Lipinski definition) is 2. The molecule has 0 atom stereocenters. The number of aliphatic imine (C=N–C) groups is 2. The van der Waals surface area contributed by atoms with Gasteiger partial charge in [0, 0.05) is 24.6 Å². The van der Waals surface area contributed by atoms with Gasteiger partial charge in [-0.2, -0.15) is 0 Å². The number of rotatable bonds is 9. The van der Waals surface area contributed by atoms with Gasteiger partial charge in [-0.1, -0.05) is 146 Å². The van der Waals surface area contributed by atoms with Crippen LogP contribution in [0, 0.1) is 20.2 Å². The van der Waals surface area contributed by atoms with Crippen LogP contribution in [0.5, 0.6) is 0 Å². The molecule has 10 nitrogen and oxygen atoms in total. The van der Waals surface area contributed by atoms with Crippen molar-refractivity contribution in [3.05, 3.63) is 223 Å². The second kappa shape index (κ2) is 12.6. The van der Waals surface area contributed by atoms with Crippen molar-refractivity contribution in [1.29, 1.82) is 0 Å². The van der Waals surface area contributed by atoms with Crippen LogP contribution in [0.25, 0.3) is 0 Å². The molecule has 0 spiro atoms. The molecule has 0 radical (unpaired) electrons. The maximum atomic E-state index is 13.1. The van der Waals surface area contributed by atoms with E-state index in [9.17, 15) is 20.2 Å². The van der Waals surface area contributed by atoms with E-state index < -0.39 is 32.3 Å². The Hall–Kier alpha value is -6.62. The summed E-state index contributed by atoms with van der Waals surface area (Å²) in [4.78, 5) is 35.1. The van der Waals surface area contributed by atoms with E-state index in [1.165, 1.54) is 24.6 Å². The fourth-order valence-electron chi connectivity index (χ4n) is 8.25. The molecule has 2 N–H and O–H groups in total. The lowest BCUT2D eigenvalue weighted by Crippen LogP contribution is -2.62. The van der Waals surface area contributed by atoms with E-state index in [2.05, 4.69) is 10.6 Å². The van der Waals surface area contributed by atoms with Crippen molar-refractivity contribution in [2.75, 3.05) is 0 Å². The molecule has 0 aromatic heterocycles. The molecule has 0 unspecified atom stereocenters. The number of nitro benzene ring substituents is 2. The Morgan fingerprint density at radius 3 is 1.10 bits per heavy atom. The zero-order chi connectivity index (χ0) is 35.8. The van der Waals surface area contributed by atoms with Gasteiger partial charge in [0.05, 0.1) is 32.1 Å². The van der Waals surface area contributed by atoms with Gasteiger partial charge in [-0.05, 0) is 34.4 Å². The van der Waals surface area contributed by atoms with E-state index in [4.69, 9.17) is 9.98 Å². The van der Waals surface area contributed by atoms with Gasteiger partial charge < -0.3 is 0 Å². The van der Waals surface area contributed by atoms with Gasteiger partial charge in [0.1, 0.15) is 0 Å². The maximum absolute atomic E-state index is 13.1. The van der Waals surface area contributed by atoms with E-state index in [1.54, 1.807) is 36.4 Å². The third-order valence-electron chi connectivity index (χ3n) is 10.2. The minimum absolute atomic E-state index is 0.148. The number of nitrogens with zero attached hydrogens (tertiary/aromatic N) is 4. The van der Waals surface area contributed by atoms with Crippen LogP contribution >= 0.6 is 0 Å². The minimum atomic E-state index is -1.89. The Labute approximate surface area is 299 Å². The third-order valence-corrected chi connectivity index (χ3v) is 10.2. The van der Waals surface area contributed by atoms with Crippen LogP contribution in [-0.2, 0) is 22.4 Å². The molecule has 2 heterocycles. The molecule has 0 aliphatic carbocycles. The Kier molecular flexibility index (Phi) is 7.90. The first-order valence-electron chi connectivity index (χ1n) is 16.8. The number of para-hydroxylation sites is 2. The highest BCUT2D eigenvalue weighted by molar-refractivity contribution is 6.18. The van der Waals surface area contributed by atoms with Crippen molar-refractivity contribution in [1.82, 2.24) is 10.6 Å². The summed E-state index contributed by atoms with van der Waals surface area (Å²) in [6.07, 6.45) is 2.99. The van der Waals surface area contributed by atoms with Crippen LogP contribution in [0.3, 0.4) is 0 Å². The monoisotopic (exact) mass is 684 g/mol.